The van der Waals surface area contributed by atoms with E-state index in [0.29, 0.717) is 35.2 Å². The Hall–Kier alpha value is -3.04. The molecule has 1 N–H and O–H groups in total. The Bertz CT molecular complexity index is 1070. The molecule has 28 heavy (non-hydrogen) atoms. The summed E-state index contributed by atoms with van der Waals surface area (Å²) in [4.78, 5) is 12.6. The number of aromatic nitrogens is 2. The molecule has 2 heterocycles. The Labute approximate surface area is 163 Å². The van der Waals surface area contributed by atoms with Gasteiger partial charge in [-0.2, -0.15) is 0 Å². The molecule has 0 aliphatic heterocycles. The standard InChI is InChI=1S/C19H20N4O4S/c1-13-10-14(2)22-19(21-13)23-28(24,25)18-8-4-15(5-9-18)20-11-16-6-7-17(27-16)12-26-3/h4-11H,12H2,1-3H3,(H,21,22,23). The lowest BCUT2D eigenvalue weighted by atomic mass is 10.3. The summed E-state index contributed by atoms with van der Waals surface area (Å²) in [5, 5.41) is 0. The molecule has 2 aromatic heterocycles. The lowest BCUT2D eigenvalue weighted by molar-refractivity contribution is 0.164. The van der Waals surface area contributed by atoms with Gasteiger partial charge in [0.15, 0.2) is 0 Å². The minimum Gasteiger partial charge on any atom is -0.458 e. The molecule has 0 unspecified atom stereocenters. The maximum absolute atomic E-state index is 12.5. The number of rotatable bonds is 7. The van der Waals surface area contributed by atoms with Gasteiger partial charge in [0.1, 0.15) is 18.1 Å². The van der Waals surface area contributed by atoms with Gasteiger partial charge < -0.3 is 9.15 Å². The maximum atomic E-state index is 12.5. The van der Waals surface area contributed by atoms with E-state index in [1.807, 2.05) is 0 Å². The second-order valence-corrected chi connectivity index (χ2v) is 7.75. The Kier molecular flexibility index (Phi) is 5.86. The van der Waals surface area contributed by atoms with E-state index in [9.17, 15) is 8.42 Å². The van der Waals surface area contributed by atoms with Crippen LogP contribution >= 0.6 is 0 Å². The Balaban J connectivity index is 1.72. The van der Waals surface area contributed by atoms with Crippen LogP contribution in [0, 0.1) is 13.8 Å². The summed E-state index contributed by atoms with van der Waals surface area (Å²) in [5.74, 6) is 1.33. The van der Waals surface area contributed by atoms with Gasteiger partial charge in [0.2, 0.25) is 5.95 Å². The van der Waals surface area contributed by atoms with Gasteiger partial charge in [0.25, 0.3) is 10.0 Å². The number of benzene rings is 1. The molecule has 0 saturated heterocycles. The number of methoxy groups -OCH3 is 1. The first-order valence-corrected chi connectivity index (χ1v) is 9.91. The second kappa shape index (κ2) is 8.32. The molecular formula is C19H20N4O4S. The van der Waals surface area contributed by atoms with Gasteiger partial charge in [-0.1, -0.05) is 0 Å². The van der Waals surface area contributed by atoms with Crippen LogP contribution in [0.4, 0.5) is 11.6 Å². The van der Waals surface area contributed by atoms with E-state index in [2.05, 4.69) is 19.7 Å². The van der Waals surface area contributed by atoms with E-state index >= 15 is 0 Å². The molecule has 146 valence electrons. The summed E-state index contributed by atoms with van der Waals surface area (Å²) >= 11 is 0. The average Bonchev–Trinajstić information content (AvgIpc) is 3.07. The zero-order chi connectivity index (χ0) is 20.1. The highest BCUT2D eigenvalue weighted by Gasteiger charge is 2.16. The third kappa shape index (κ3) is 5.02. The first-order valence-electron chi connectivity index (χ1n) is 8.42. The zero-order valence-corrected chi connectivity index (χ0v) is 16.5. The molecule has 9 heteroatoms. The zero-order valence-electron chi connectivity index (χ0n) is 15.7. The van der Waals surface area contributed by atoms with Crippen molar-refractivity contribution in [3.8, 4) is 0 Å². The topological polar surface area (TPSA) is 107 Å². The second-order valence-electron chi connectivity index (χ2n) is 6.07. The highest BCUT2D eigenvalue weighted by atomic mass is 32.2. The van der Waals surface area contributed by atoms with Gasteiger partial charge in [-0.25, -0.2) is 23.1 Å². The molecule has 3 aromatic rings. The minimum atomic E-state index is -3.79. The summed E-state index contributed by atoms with van der Waals surface area (Å²) in [6, 6.07) is 11.5. The lowest BCUT2D eigenvalue weighted by Gasteiger charge is -2.08. The number of aliphatic imine (C=N–C) groups is 1. The van der Waals surface area contributed by atoms with Crippen molar-refractivity contribution >= 4 is 27.9 Å². The molecule has 3 rings (SSSR count). The van der Waals surface area contributed by atoms with Crippen LogP contribution in [0.25, 0.3) is 0 Å². The number of hydrogen-bond donors (Lipinski definition) is 1. The predicted octanol–water partition coefficient (Wildman–Crippen LogP) is 3.38. The monoisotopic (exact) mass is 400 g/mol. The van der Waals surface area contributed by atoms with E-state index in [4.69, 9.17) is 9.15 Å². The number of ether oxygens (including phenoxy) is 1. The fraction of sp³-hybridized carbons (Fsp3) is 0.211. The first-order chi connectivity index (χ1) is 13.4. The van der Waals surface area contributed by atoms with Crippen molar-refractivity contribution in [2.75, 3.05) is 11.8 Å². The number of hydrogen-bond acceptors (Lipinski definition) is 7. The van der Waals surface area contributed by atoms with Crippen molar-refractivity contribution < 1.29 is 17.6 Å². The van der Waals surface area contributed by atoms with E-state index < -0.39 is 10.0 Å². The smallest absolute Gasteiger partial charge is 0.264 e. The largest absolute Gasteiger partial charge is 0.458 e. The van der Waals surface area contributed by atoms with Crippen LogP contribution in [0.15, 0.2) is 56.8 Å². The van der Waals surface area contributed by atoms with Crippen LogP contribution in [0.5, 0.6) is 0 Å². The fourth-order valence-electron chi connectivity index (χ4n) is 2.48. The fourth-order valence-corrected chi connectivity index (χ4v) is 3.43. The number of anilines is 1. The molecular weight excluding hydrogens is 380 g/mol. The maximum Gasteiger partial charge on any atom is 0.264 e. The van der Waals surface area contributed by atoms with Gasteiger partial charge in [0.05, 0.1) is 16.8 Å². The Morgan fingerprint density at radius 1 is 1.11 bits per heavy atom. The van der Waals surface area contributed by atoms with Crippen LogP contribution in [-0.4, -0.2) is 31.7 Å². The normalized spacial score (nSPS) is 11.8. The Morgan fingerprint density at radius 3 is 2.43 bits per heavy atom. The molecule has 0 amide bonds. The van der Waals surface area contributed by atoms with Crippen molar-refractivity contribution in [2.24, 2.45) is 4.99 Å². The molecule has 0 aliphatic rings. The van der Waals surface area contributed by atoms with Crippen LogP contribution in [0.2, 0.25) is 0 Å². The number of furan rings is 1. The third-order valence-corrected chi connectivity index (χ3v) is 5.01. The SMILES string of the molecule is COCc1ccc(C=Nc2ccc(S(=O)(=O)Nc3nc(C)cc(C)n3)cc2)o1. The van der Waals surface area contributed by atoms with Gasteiger partial charge in [-0.05, 0) is 56.3 Å². The van der Waals surface area contributed by atoms with Gasteiger partial charge in [-0.15, -0.1) is 0 Å². The summed E-state index contributed by atoms with van der Waals surface area (Å²) < 4.78 is 37.9. The number of aryl methyl sites for hydroxylation is 2. The molecule has 1 aromatic carbocycles. The first kappa shape index (κ1) is 19.7. The number of nitrogens with one attached hydrogen (secondary N) is 1. The van der Waals surface area contributed by atoms with Gasteiger partial charge in [-0.3, -0.25) is 4.99 Å². The van der Waals surface area contributed by atoms with Crippen molar-refractivity contribution in [3.05, 3.63) is 65.4 Å². The van der Waals surface area contributed by atoms with Gasteiger partial charge in [0, 0.05) is 18.5 Å². The van der Waals surface area contributed by atoms with Crippen molar-refractivity contribution in [1.82, 2.24) is 9.97 Å². The summed E-state index contributed by atoms with van der Waals surface area (Å²) in [6.45, 7) is 3.94. The molecule has 0 aliphatic carbocycles. The van der Waals surface area contributed by atoms with Crippen molar-refractivity contribution in [3.63, 3.8) is 0 Å². The number of nitrogens with zero attached hydrogens (tertiary/aromatic N) is 3. The summed E-state index contributed by atoms with van der Waals surface area (Å²) in [7, 11) is -2.20. The van der Waals surface area contributed by atoms with E-state index in [0.717, 1.165) is 0 Å². The molecule has 0 fully saturated rings. The Morgan fingerprint density at radius 2 is 1.79 bits per heavy atom. The third-order valence-electron chi connectivity index (χ3n) is 3.66. The molecule has 0 bridgehead atoms. The molecule has 0 saturated carbocycles. The predicted molar refractivity (Wildman–Crippen MR) is 105 cm³/mol. The van der Waals surface area contributed by atoms with E-state index in [-0.39, 0.29) is 10.8 Å². The molecule has 0 spiro atoms. The van der Waals surface area contributed by atoms with Crippen LogP contribution in [0.3, 0.4) is 0 Å². The quantitative estimate of drug-likeness (QED) is 0.609. The van der Waals surface area contributed by atoms with E-state index in [1.165, 1.54) is 12.1 Å². The highest BCUT2D eigenvalue weighted by Crippen LogP contribution is 2.19. The van der Waals surface area contributed by atoms with Gasteiger partial charge >= 0.3 is 0 Å². The molecule has 8 nitrogen and oxygen atoms in total. The summed E-state index contributed by atoms with van der Waals surface area (Å²) in [6.07, 6.45) is 1.56. The van der Waals surface area contributed by atoms with E-state index in [1.54, 1.807) is 57.5 Å². The average molecular weight is 400 g/mol. The minimum absolute atomic E-state index is 0.0456. The molecule has 0 atom stereocenters. The van der Waals surface area contributed by atoms with Crippen LogP contribution in [-0.2, 0) is 21.4 Å². The van der Waals surface area contributed by atoms with Crippen molar-refractivity contribution in [1.29, 1.82) is 0 Å². The van der Waals surface area contributed by atoms with Crippen LogP contribution < -0.4 is 4.72 Å². The van der Waals surface area contributed by atoms with Crippen molar-refractivity contribution in [2.45, 2.75) is 25.3 Å². The van der Waals surface area contributed by atoms with Crippen LogP contribution in [0.1, 0.15) is 22.9 Å². The molecule has 0 radical (unpaired) electrons. The lowest BCUT2D eigenvalue weighted by Crippen LogP contribution is -2.15. The summed E-state index contributed by atoms with van der Waals surface area (Å²) in [5.41, 5.74) is 1.95. The highest BCUT2D eigenvalue weighted by molar-refractivity contribution is 7.92. The number of sulfonamides is 1.